The number of hydrogen-bond acceptors (Lipinski definition) is 7. The SMILES string of the molecule is O=C(Cc1ccccc1)NC(=O)Nc1ccc(Oc2cc(OC(=O)N3CCCC3)ncn2)c(F)c1. The fourth-order valence-electron chi connectivity index (χ4n) is 3.38. The van der Waals surface area contributed by atoms with Gasteiger partial charge in [-0.3, -0.25) is 10.1 Å². The Morgan fingerprint density at radius 2 is 1.71 bits per heavy atom. The lowest BCUT2D eigenvalue weighted by Crippen LogP contribution is -2.35. The van der Waals surface area contributed by atoms with Crippen LogP contribution < -0.4 is 20.1 Å². The summed E-state index contributed by atoms with van der Waals surface area (Å²) >= 11 is 0. The number of nitrogens with zero attached hydrogens (tertiary/aromatic N) is 3. The molecule has 2 N–H and O–H groups in total. The fourth-order valence-corrected chi connectivity index (χ4v) is 3.38. The van der Waals surface area contributed by atoms with Crippen molar-refractivity contribution in [2.45, 2.75) is 19.3 Å². The van der Waals surface area contributed by atoms with Crippen LogP contribution in [0.4, 0.5) is 19.7 Å². The zero-order valence-electron chi connectivity index (χ0n) is 18.6. The monoisotopic (exact) mass is 479 g/mol. The Morgan fingerprint density at radius 1 is 0.971 bits per heavy atom. The molecule has 1 saturated heterocycles. The number of nitrogens with one attached hydrogen (secondary N) is 2. The molecule has 2 heterocycles. The Bertz CT molecular complexity index is 1220. The van der Waals surface area contributed by atoms with Gasteiger partial charge < -0.3 is 19.7 Å². The molecule has 1 aromatic heterocycles. The Kier molecular flexibility index (Phi) is 7.46. The molecule has 35 heavy (non-hydrogen) atoms. The summed E-state index contributed by atoms with van der Waals surface area (Å²) in [5.41, 5.74) is 0.867. The van der Waals surface area contributed by atoms with Crippen molar-refractivity contribution in [3.63, 3.8) is 0 Å². The summed E-state index contributed by atoms with van der Waals surface area (Å²) in [6, 6.07) is 13.1. The molecule has 0 spiro atoms. The number of hydrogen-bond donors (Lipinski definition) is 2. The third kappa shape index (κ3) is 6.73. The van der Waals surface area contributed by atoms with Crippen molar-refractivity contribution >= 4 is 23.7 Å². The predicted octanol–water partition coefficient (Wildman–Crippen LogP) is 3.89. The number of rotatable bonds is 6. The summed E-state index contributed by atoms with van der Waals surface area (Å²) in [4.78, 5) is 45.5. The van der Waals surface area contributed by atoms with Crippen LogP contribution >= 0.6 is 0 Å². The summed E-state index contributed by atoms with van der Waals surface area (Å²) in [6.45, 7) is 1.25. The first-order valence-corrected chi connectivity index (χ1v) is 10.9. The van der Waals surface area contributed by atoms with Gasteiger partial charge in [-0.1, -0.05) is 30.3 Å². The van der Waals surface area contributed by atoms with Gasteiger partial charge in [0.25, 0.3) is 0 Å². The van der Waals surface area contributed by atoms with Crippen molar-refractivity contribution in [3.8, 4) is 17.5 Å². The average molecular weight is 479 g/mol. The average Bonchev–Trinajstić information content (AvgIpc) is 3.37. The van der Waals surface area contributed by atoms with Crippen LogP contribution in [0.1, 0.15) is 18.4 Å². The molecular formula is C24H22FN5O5. The molecule has 1 aliphatic heterocycles. The van der Waals surface area contributed by atoms with Crippen LogP contribution in [0.2, 0.25) is 0 Å². The number of imide groups is 1. The second kappa shape index (κ2) is 11.1. The summed E-state index contributed by atoms with van der Waals surface area (Å²) in [7, 11) is 0. The van der Waals surface area contributed by atoms with Crippen molar-refractivity contribution in [1.29, 1.82) is 0 Å². The van der Waals surface area contributed by atoms with Gasteiger partial charge >= 0.3 is 12.1 Å². The first-order valence-electron chi connectivity index (χ1n) is 10.9. The standard InChI is InChI=1S/C24H22FN5O5/c25-18-13-17(28-23(32)29-20(31)12-16-6-2-1-3-7-16)8-9-19(18)34-21-14-22(27-15-26-21)35-24(33)30-10-4-5-11-30/h1-3,6-9,13-15H,4-5,10-12H2,(H2,28,29,31,32). The minimum Gasteiger partial charge on any atom is -0.436 e. The Labute approximate surface area is 200 Å². The number of anilines is 1. The van der Waals surface area contributed by atoms with Crippen LogP contribution in [0.3, 0.4) is 0 Å². The van der Waals surface area contributed by atoms with Gasteiger partial charge in [0.2, 0.25) is 17.7 Å². The van der Waals surface area contributed by atoms with Crippen molar-refractivity contribution in [3.05, 3.63) is 72.3 Å². The van der Waals surface area contributed by atoms with E-state index in [9.17, 15) is 18.8 Å². The van der Waals surface area contributed by atoms with E-state index in [-0.39, 0.29) is 29.6 Å². The third-order valence-corrected chi connectivity index (χ3v) is 5.04. The van der Waals surface area contributed by atoms with Crippen molar-refractivity contribution in [2.24, 2.45) is 0 Å². The fraction of sp³-hybridized carbons (Fsp3) is 0.208. The number of benzene rings is 2. The van der Waals surface area contributed by atoms with E-state index >= 15 is 0 Å². The molecule has 0 atom stereocenters. The van der Waals surface area contributed by atoms with E-state index < -0.39 is 23.8 Å². The molecule has 0 unspecified atom stereocenters. The van der Waals surface area contributed by atoms with Crippen LogP contribution in [-0.2, 0) is 11.2 Å². The number of amides is 4. The number of urea groups is 1. The van der Waals surface area contributed by atoms with Gasteiger partial charge in [0, 0.05) is 24.8 Å². The lowest BCUT2D eigenvalue weighted by molar-refractivity contribution is -0.119. The number of halogens is 1. The molecule has 1 fully saturated rings. The van der Waals surface area contributed by atoms with Gasteiger partial charge in [-0.25, -0.2) is 23.9 Å². The minimum atomic E-state index is -0.792. The molecule has 11 heteroatoms. The van der Waals surface area contributed by atoms with Gasteiger partial charge in [0.05, 0.1) is 12.5 Å². The van der Waals surface area contributed by atoms with Gasteiger partial charge in [0.15, 0.2) is 11.6 Å². The van der Waals surface area contributed by atoms with Crippen molar-refractivity contribution < 1.29 is 28.2 Å². The van der Waals surface area contributed by atoms with Crippen LogP contribution in [0, 0.1) is 5.82 Å². The van der Waals surface area contributed by atoms with E-state index in [2.05, 4.69) is 20.6 Å². The lowest BCUT2D eigenvalue weighted by Gasteiger charge is -2.14. The molecule has 2 aromatic carbocycles. The smallest absolute Gasteiger partial charge is 0.416 e. The van der Waals surface area contributed by atoms with E-state index in [0.717, 1.165) is 30.8 Å². The molecule has 0 saturated carbocycles. The van der Waals surface area contributed by atoms with E-state index in [1.54, 1.807) is 29.2 Å². The van der Waals surface area contributed by atoms with Crippen LogP contribution in [0.15, 0.2) is 60.9 Å². The molecule has 1 aliphatic rings. The molecule has 4 amide bonds. The largest absolute Gasteiger partial charge is 0.436 e. The zero-order valence-corrected chi connectivity index (χ0v) is 18.6. The molecule has 0 aliphatic carbocycles. The van der Waals surface area contributed by atoms with E-state index in [1.807, 2.05) is 6.07 Å². The van der Waals surface area contributed by atoms with Crippen LogP contribution in [-0.4, -0.2) is 46.0 Å². The summed E-state index contributed by atoms with van der Waals surface area (Å²) in [6.07, 6.45) is 2.48. The topological polar surface area (TPSA) is 123 Å². The second-order valence-electron chi connectivity index (χ2n) is 7.67. The van der Waals surface area contributed by atoms with E-state index in [1.165, 1.54) is 18.2 Å². The molecule has 3 aromatic rings. The first kappa shape index (κ1) is 23.6. The molecule has 4 rings (SSSR count). The van der Waals surface area contributed by atoms with Crippen molar-refractivity contribution in [2.75, 3.05) is 18.4 Å². The Hall–Kier alpha value is -4.54. The predicted molar refractivity (Wildman–Crippen MR) is 123 cm³/mol. The second-order valence-corrected chi connectivity index (χ2v) is 7.67. The molecule has 180 valence electrons. The van der Waals surface area contributed by atoms with E-state index in [0.29, 0.717) is 13.1 Å². The third-order valence-electron chi connectivity index (χ3n) is 5.04. The van der Waals surface area contributed by atoms with Gasteiger partial charge in [-0.05, 0) is 30.5 Å². The number of carbonyl (C=O) groups excluding carboxylic acids is 3. The zero-order chi connectivity index (χ0) is 24.6. The minimum absolute atomic E-state index is 0.0255. The van der Waals surface area contributed by atoms with Gasteiger partial charge in [-0.2, -0.15) is 0 Å². The first-order chi connectivity index (χ1) is 17.0. The maximum Gasteiger partial charge on any atom is 0.416 e. The highest BCUT2D eigenvalue weighted by Gasteiger charge is 2.20. The Balaban J connectivity index is 1.32. The van der Waals surface area contributed by atoms with Gasteiger partial charge in [0.1, 0.15) is 6.33 Å². The number of carbonyl (C=O) groups is 3. The molecule has 10 nitrogen and oxygen atoms in total. The summed E-state index contributed by atoms with van der Waals surface area (Å²) in [5.74, 6) is -1.52. The number of aromatic nitrogens is 2. The maximum absolute atomic E-state index is 14.6. The lowest BCUT2D eigenvalue weighted by atomic mass is 10.1. The number of likely N-dealkylation sites (tertiary alicyclic amines) is 1. The van der Waals surface area contributed by atoms with Gasteiger partial charge in [-0.15, -0.1) is 0 Å². The Morgan fingerprint density at radius 3 is 2.46 bits per heavy atom. The molecular weight excluding hydrogens is 457 g/mol. The summed E-state index contributed by atoms with van der Waals surface area (Å²) in [5, 5.41) is 4.58. The van der Waals surface area contributed by atoms with Crippen molar-refractivity contribution in [1.82, 2.24) is 20.2 Å². The normalized spacial score (nSPS) is 12.7. The molecule has 0 radical (unpaired) electrons. The summed E-state index contributed by atoms with van der Waals surface area (Å²) < 4.78 is 25.2. The highest BCUT2D eigenvalue weighted by atomic mass is 19.1. The van der Waals surface area contributed by atoms with Crippen LogP contribution in [0.25, 0.3) is 0 Å². The van der Waals surface area contributed by atoms with Crippen LogP contribution in [0.5, 0.6) is 17.5 Å². The molecule has 0 bridgehead atoms. The number of ether oxygens (including phenoxy) is 2. The van der Waals surface area contributed by atoms with E-state index in [4.69, 9.17) is 9.47 Å². The quantitative estimate of drug-likeness (QED) is 0.550. The highest BCUT2D eigenvalue weighted by molar-refractivity contribution is 6.01. The maximum atomic E-state index is 14.6. The highest BCUT2D eigenvalue weighted by Crippen LogP contribution is 2.27.